The summed E-state index contributed by atoms with van der Waals surface area (Å²) in [6, 6.07) is 0.336. The number of nitrogens with one attached hydrogen (secondary N) is 1. The van der Waals surface area contributed by atoms with Crippen LogP contribution in [0.15, 0.2) is 0 Å². The lowest BCUT2D eigenvalue weighted by atomic mass is 9.98. The van der Waals surface area contributed by atoms with Crippen molar-refractivity contribution in [1.29, 1.82) is 0 Å². The molecule has 0 radical (unpaired) electrons. The van der Waals surface area contributed by atoms with Gasteiger partial charge >= 0.3 is 0 Å². The van der Waals surface area contributed by atoms with Gasteiger partial charge in [-0.25, -0.2) is 5.10 Å². The van der Waals surface area contributed by atoms with Crippen LogP contribution >= 0.6 is 12.2 Å². The molecule has 0 spiro atoms. The highest BCUT2D eigenvalue weighted by Gasteiger charge is 2.23. The van der Waals surface area contributed by atoms with Gasteiger partial charge in [0.2, 0.25) is 5.95 Å². The van der Waals surface area contributed by atoms with Crippen molar-refractivity contribution in [2.75, 3.05) is 31.7 Å². The zero-order valence-electron chi connectivity index (χ0n) is 11.3. The van der Waals surface area contributed by atoms with E-state index in [2.05, 4.69) is 33.5 Å². The Morgan fingerprint density at radius 1 is 1.44 bits per heavy atom. The number of aromatic nitrogens is 3. The van der Waals surface area contributed by atoms with Crippen LogP contribution in [0.3, 0.4) is 0 Å². The lowest BCUT2D eigenvalue weighted by molar-refractivity contribution is 0.138. The summed E-state index contributed by atoms with van der Waals surface area (Å²) < 4.78 is 8.02. The van der Waals surface area contributed by atoms with E-state index in [0.717, 1.165) is 38.5 Å². The van der Waals surface area contributed by atoms with E-state index in [-0.39, 0.29) is 0 Å². The summed E-state index contributed by atoms with van der Waals surface area (Å²) in [6.07, 6.45) is 2.32. The van der Waals surface area contributed by atoms with E-state index >= 15 is 0 Å². The average molecular weight is 270 g/mol. The Balaban J connectivity index is 2.08. The number of hydrogen-bond donors (Lipinski definition) is 1. The summed E-state index contributed by atoms with van der Waals surface area (Å²) in [7, 11) is 1.77. The number of methoxy groups -OCH3 is 1. The molecule has 1 aliphatic heterocycles. The van der Waals surface area contributed by atoms with Gasteiger partial charge in [0.05, 0.1) is 0 Å². The fraction of sp³-hybridized carbons (Fsp3) is 0.833. The summed E-state index contributed by atoms with van der Waals surface area (Å²) >= 11 is 5.28. The number of nitrogens with zero attached hydrogens (tertiary/aromatic N) is 3. The van der Waals surface area contributed by atoms with Crippen molar-refractivity contribution >= 4 is 18.2 Å². The summed E-state index contributed by atoms with van der Waals surface area (Å²) in [5.74, 6) is 1.66. The van der Waals surface area contributed by atoms with Crippen molar-refractivity contribution in [1.82, 2.24) is 14.8 Å². The monoisotopic (exact) mass is 270 g/mol. The van der Waals surface area contributed by atoms with E-state index in [9.17, 15) is 0 Å². The Kier molecular flexibility index (Phi) is 4.40. The first kappa shape index (κ1) is 13.5. The maximum atomic E-state index is 5.28. The molecule has 1 aromatic heterocycles. The van der Waals surface area contributed by atoms with E-state index in [0.29, 0.717) is 16.7 Å². The van der Waals surface area contributed by atoms with Gasteiger partial charge in [0.1, 0.15) is 0 Å². The number of H-pyrrole nitrogens is 1. The quantitative estimate of drug-likeness (QED) is 0.853. The molecule has 0 atom stereocenters. The van der Waals surface area contributed by atoms with Gasteiger partial charge in [-0.2, -0.15) is 0 Å². The molecule has 1 fully saturated rings. The van der Waals surface area contributed by atoms with Gasteiger partial charge in [0.15, 0.2) is 4.77 Å². The van der Waals surface area contributed by atoms with Crippen LogP contribution in [0.1, 0.15) is 32.7 Å². The molecule has 2 rings (SSSR count). The maximum Gasteiger partial charge on any atom is 0.225 e. The molecular formula is C12H22N4OS. The summed E-state index contributed by atoms with van der Waals surface area (Å²) in [5, 5.41) is 7.27. The molecule has 0 amide bonds. The number of hydrogen-bond acceptors (Lipinski definition) is 4. The molecule has 0 aromatic carbocycles. The van der Waals surface area contributed by atoms with Crippen molar-refractivity contribution in [3.8, 4) is 0 Å². The highest BCUT2D eigenvalue weighted by molar-refractivity contribution is 7.71. The van der Waals surface area contributed by atoms with E-state index < -0.39 is 0 Å². The topological polar surface area (TPSA) is 46.1 Å². The van der Waals surface area contributed by atoms with E-state index in [1.165, 1.54) is 0 Å². The molecular weight excluding hydrogens is 248 g/mol. The lowest BCUT2D eigenvalue weighted by Gasteiger charge is -2.32. The van der Waals surface area contributed by atoms with Gasteiger partial charge in [0.25, 0.3) is 0 Å². The second-order valence-electron chi connectivity index (χ2n) is 5.18. The van der Waals surface area contributed by atoms with Crippen molar-refractivity contribution in [2.45, 2.75) is 32.7 Å². The molecule has 0 aliphatic carbocycles. The maximum absolute atomic E-state index is 5.28. The predicted octanol–water partition coefficient (Wildman–Crippen LogP) is 2.38. The third-order valence-electron chi connectivity index (χ3n) is 3.50. The van der Waals surface area contributed by atoms with Crippen LogP contribution in [0, 0.1) is 10.7 Å². The Bertz CT molecular complexity index is 432. The molecule has 1 aliphatic rings. The van der Waals surface area contributed by atoms with E-state index in [1.54, 1.807) is 7.11 Å². The largest absolute Gasteiger partial charge is 0.384 e. The van der Waals surface area contributed by atoms with Gasteiger partial charge in [-0.05, 0) is 44.8 Å². The average Bonchev–Trinajstić information content (AvgIpc) is 2.73. The fourth-order valence-corrected chi connectivity index (χ4v) is 2.86. The minimum absolute atomic E-state index is 0.336. The summed E-state index contributed by atoms with van der Waals surface area (Å²) in [4.78, 5) is 2.32. The number of ether oxygens (including phenoxy) is 1. The molecule has 1 saturated heterocycles. The summed E-state index contributed by atoms with van der Waals surface area (Å²) in [5.41, 5.74) is 0. The van der Waals surface area contributed by atoms with Gasteiger partial charge in [0, 0.05) is 32.8 Å². The standard InChI is InChI=1S/C12H22N4OS/c1-9(2)16-11(13-14-12(16)18)15-6-4-10(5-7-15)8-17-3/h9-10H,4-8H2,1-3H3,(H,14,18). The SMILES string of the molecule is COCC1CCN(c2n[nH]c(=S)n2C(C)C)CC1. The zero-order chi connectivity index (χ0) is 13.1. The smallest absolute Gasteiger partial charge is 0.225 e. The van der Waals surface area contributed by atoms with Crippen molar-refractivity contribution in [3.63, 3.8) is 0 Å². The first-order valence-electron chi connectivity index (χ1n) is 6.54. The number of piperidine rings is 1. The number of anilines is 1. The minimum atomic E-state index is 0.336. The third-order valence-corrected chi connectivity index (χ3v) is 3.79. The van der Waals surface area contributed by atoms with Crippen molar-refractivity contribution < 1.29 is 4.74 Å². The third kappa shape index (κ3) is 2.75. The zero-order valence-corrected chi connectivity index (χ0v) is 12.2. The van der Waals surface area contributed by atoms with Crippen LogP contribution < -0.4 is 4.90 Å². The Hall–Kier alpha value is -0.880. The molecule has 1 N–H and O–H groups in total. The molecule has 102 valence electrons. The fourth-order valence-electron chi connectivity index (χ4n) is 2.52. The predicted molar refractivity (Wildman–Crippen MR) is 74.6 cm³/mol. The van der Waals surface area contributed by atoms with Crippen molar-refractivity contribution in [3.05, 3.63) is 4.77 Å². The highest BCUT2D eigenvalue weighted by Crippen LogP contribution is 2.24. The van der Waals surface area contributed by atoms with Gasteiger partial charge in [-0.3, -0.25) is 4.57 Å². The van der Waals surface area contributed by atoms with Crippen LogP contribution in [0.5, 0.6) is 0 Å². The second kappa shape index (κ2) is 5.84. The van der Waals surface area contributed by atoms with E-state index in [4.69, 9.17) is 17.0 Å². The second-order valence-corrected chi connectivity index (χ2v) is 5.56. The van der Waals surface area contributed by atoms with E-state index in [1.807, 2.05) is 0 Å². The van der Waals surface area contributed by atoms with Crippen LogP contribution in [0.25, 0.3) is 0 Å². The molecule has 2 heterocycles. The first-order valence-corrected chi connectivity index (χ1v) is 6.95. The molecule has 18 heavy (non-hydrogen) atoms. The van der Waals surface area contributed by atoms with Gasteiger partial charge in [-0.15, -0.1) is 5.10 Å². The molecule has 5 nitrogen and oxygen atoms in total. The number of rotatable bonds is 4. The Morgan fingerprint density at radius 2 is 2.11 bits per heavy atom. The van der Waals surface area contributed by atoms with Gasteiger partial charge < -0.3 is 9.64 Å². The van der Waals surface area contributed by atoms with Crippen LogP contribution in [0.4, 0.5) is 5.95 Å². The summed E-state index contributed by atoms with van der Waals surface area (Å²) in [6.45, 7) is 7.19. The molecule has 1 aromatic rings. The molecule has 0 saturated carbocycles. The highest BCUT2D eigenvalue weighted by atomic mass is 32.1. The Morgan fingerprint density at radius 3 is 2.67 bits per heavy atom. The lowest BCUT2D eigenvalue weighted by Crippen LogP contribution is -2.36. The minimum Gasteiger partial charge on any atom is -0.384 e. The number of aromatic amines is 1. The first-order chi connectivity index (χ1) is 8.63. The van der Waals surface area contributed by atoms with Crippen molar-refractivity contribution in [2.24, 2.45) is 5.92 Å². The van der Waals surface area contributed by atoms with Crippen LogP contribution in [-0.4, -0.2) is 41.6 Å². The Labute approximate surface area is 113 Å². The molecule has 0 unspecified atom stereocenters. The molecule has 0 bridgehead atoms. The van der Waals surface area contributed by atoms with Crippen LogP contribution in [-0.2, 0) is 4.74 Å². The normalized spacial score (nSPS) is 17.7. The van der Waals surface area contributed by atoms with Gasteiger partial charge in [-0.1, -0.05) is 0 Å². The molecule has 6 heteroatoms. The van der Waals surface area contributed by atoms with Crippen LogP contribution in [0.2, 0.25) is 0 Å².